The predicted molar refractivity (Wildman–Crippen MR) is 338 cm³/mol. The molecular formula is C71H137NO5. The number of rotatable bonds is 66. The van der Waals surface area contributed by atoms with E-state index in [4.69, 9.17) is 4.74 Å². The number of hydrogen-bond donors (Lipinski definition) is 3. The van der Waals surface area contributed by atoms with Gasteiger partial charge in [-0.25, -0.2) is 0 Å². The zero-order valence-electron chi connectivity index (χ0n) is 52.2. The van der Waals surface area contributed by atoms with Gasteiger partial charge in [-0.1, -0.05) is 346 Å². The van der Waals surface area contributed by atoms with Gasteiger partial charge >= 0.3 is 5.97 Å². The molecule has 0 saturated heterocycles. The summed E-state index contributed by atoms with van der Waals surface area (Å²) in [6.45, 7) is 4.93. The molecule has 77 heavy (non-hydrogen) atoms. The highest BCUT2D eigenvalue weighted by molar-refractivity contribution is 5.76. The highest BCUT2D eigenvalue weighted by atomic mass is 16.5. The Labute approximate surface area is 481 Å². The topological polar surface area (TPSA) is 95.9 Å². The van der Waals surface area contributed by atoms with Crippen molar-refractivity contribution < 1.29 is 24.5 Å². The van der Waals surface area contributed by atoms with Gasteiger partial charge in [-0.05, 0) is 57.8 Å². The van der Waals surface area contributed by atoms with Crippen LogP contribution in [0.2, 0.25) is 0 Å². The van der Waals surface area contributed by atoms with E-state index >= 15 is 0 Å². The Morgan fingerprint density at radius 1 is 0.351 bits per heavy atom. The Balaban J connectivity index is 3.42. The van der Waals surface area contributed by atoms with Crippen LogP contribution < -0.4 is 5.32 Å². The van der Waals surface area contributed by atoms with Crippen LogP contribution in [0.5, 0.6) is 0 Å². The fourth-order valence-corrected chi connectivity index (χ4v) is 11.1. The second kappa shape index (κ2) is 66.8. The van der Waals surface area contributed by atoms with Crippen molar-refractivity contribution >= 4 is 11.9 Å². The minimum Gasteiger partial charge on any atom is -0.466 e. The normalized spacial score (nSPS) is 12.6. The lowest BCUT2D eigenvalue weighted by molar-refractivity contribution is -0.143. The first-order valence-electron chi connectivity index (χ1n) is 35.1. The first kappa shape index (κ1) is 75.3. The number of amides is 1. The number of ether oxygens (including phenoxy) is 1. The lowest BCUT2D eigenvalue weighted by atomic mass is 10.0. The molecule has 0 fully saturated rings. The van der Waals surface area contributed by atoms with E-state index in [1.165, 1.54) is 321 Å². The predicted octanol–water partition coefficient (Wildman–Crippen LogP) is 22.5. The summed E-state index contributed by atoms with van der Waals surface area (Å²) in [6, 6.07) is -0.630. The second-order valence-electron chi connectivity index (χ2n) is 24.2. The van der Waals surface area contributed by atoms with Crippen LogP contribution in [0.4, 0.5) is 0 Å². The van der Waals surface area contributed by atoms with Crippen molar-refractivity contribution in [2.45, 2.75) is 405 Å². The van der Waals surface area contributed by atoms with Crippen molar-refractivity contribution in [3.63, 3.8) is 0 Å². The van der Waals surface area contributed by atoms with Crippen LogP contribution in [0.3, 0.4) is 0 Å². The molecule has 456 valence electrons. The van der Waals surface area contributed by atoms with Crippen molar-refractivity contribution in [2.75, 3.05) is 13.2 Å². The number of carbonyl (C=O) groups is 2. The standard InChI is InChI=1S/C71H137NO5/c1-3-5-7-9-11-13-15-17-19-20-21-22-23-24-25-27-30-33-36-39-43-47-51-55-59-63-69(74)68(67-73)72-70(75)64-60-56-52-48-44-40-37-34-31-28-26-29-32-35-38-42-46-50-54-58-62-66-77-71(76)65-61-57-53-49-45-41-18-16-14-12-10-8-6-4-2/h16,18,59,63,68-69,73-74H,3-15,17,19-58,60-62,64-67H2,1-2H3,(H,72,75)/b18-16-,63-59+. The smallest absolute Gasteiger partial charge is 0.305 e. The third kappa shape index (κ3) is 63.4. The number of aliphatic hydroxyl groups excluding tert-OH is 2. The molecule has 0 aliphatic rings. The fraction of sp³-hybridized carbons (Fsp3) is 0.915. The van der Waals surface area contributed by atoms with Gasteiger partial charge in [-0.2, -0.15) is 0 Å². The molecule has 0 rings (SSSR count). The fourth-order valence-electron chi connectivity index (χ4n) is 11.1. The van der Waals surface area contributed by atoms with Gasteiger partial charge in [0.1, 0.15) is 0 Å². The van der Waals surface area contributed by atoms with Crippen LogP contribution in [0.15, 0.2) is 24.3 Å². The molecule has 3 N–H and O–H groups in total. The summed E-state index contributed by atoms with van der Waals surface area (Å²) in [4.78, 5) is 24.6. The summed E-state index contributed by atoms with van der Waals surface area (Å²) in [7, 11) is 0. The Kier molecular flexibility index (Phi) is 65.4. The molecular weight excluding hydrogens is 947 g/mol. The van der Waals surface area contributed by atoms with Crippen molar-refractivity contribution in [2.24, 2.45) is 0 Å². The average molecular weight is 1080 g/mol. The Morgan fingerprint density at radius 2 is 0.610 bits per heavy atom. The molecule has 0 aliphatic heterocycles. The molecule has 0 heterocycles. The molecule has 0 aromatic rings. The first-order chi connectivity index (χ1) is 38.0. The number of nitrogens with one attached hydrogen (secondary N) is 1. The first-order valence-corrected chi connectivity index (χ1v) is 35.1. The van der Waals surface area contributed by atoms with Crippen LogP contribution in [-0.4, -0.2) is 47.4 Å². The van der Waals surface area contributed by atoms with Gasteiger partial charge in [-0.15, -0.1) is 0 Å². The van der Waals surface area contributed by atoms with Crippen LogP contribution >= 0.6 is 0 Å². The molecule has 6 nitrogen and oxygen atoms in total. The van der Waals surface area contributed by atoms with E-state index in [9.17, 15) is 19.8 Å². The quantitative estimate of drug-likeness (QED) is 0.0320. The molecule has 0 aromatic heterocycles. The highest BCUT2D eigenvalue weighted by Crippen LogP contribution is 2.19. The van der Waals surface area contributed by atoms with Crippen molar-refractivity contribution in [1.82, 2.24) is 5.32 Å². The summed E-state index contributed by atoms with van der Waals surface area (Å²) < 4.78 is 5.48. The lowest BCUT2D eigenvalue weighted by Gasteiger charge is -2.20. The van der Waals surface area contributed by atoms with Gasteiger partial charge in [0, 0.05) is 12.8 Å². The molecule has 0 aromatic carbocycles. The molecule has 0 radical (unpaired) electrons. The summed E-state index contributed by atoms with van der Waals surface area (Å²) in [5, 5.41) is 23.3. The summed E-state index contributed by atoms with van der Waals surface area (Å²) in [5.41, 5.74) is 0. The van der Waals surface area contributed by atoms with Crippen molar-refractivity contribution in [1.29, 1.82) is 0 Å². The Bertz CT molecular complexity index is 1200. The minimum absolute atomic E-state index is 0.00375. The lowest BCUT2D eigenvalue weighted by Crippen LogP contribution is -2.45. The second-order valence-corrected chi connectivity index (χ2v) is 24.2. The summed E-state index contributed by atoms with van der Waals surface area (Å²) >= 11 is 0. The maximum absolute atomic E-state index is 12.5. The maximum atomic E-state index is 12.5. The third-order valence-electron chi connectivity index (χ3n) is 16.5. The van der Waals surface area contributed by atoms with Gasteiger partial charge in [-0.3, -0.25) is 9.59 Å². The van der Waals surface area contributed by atoms with Gasteiger partial charge in [0.15, 0.2) is 0 Å². The van der Waals surface area contributed by atoms with Crippen LogP contribution in [-0.2, 0) is 14.3 Å². The molecule has 0 saturated carbocycles. The maximum Gasteiger partial charge on any atom is 0.305 e. The third-order valence-corrected chi connectivity index (χ3v) is 16.5. The van der Waals surface area contributed by atoms with Crippen LogP contribution in [0.25, 0.3) is 0 Å². The monoisotopic (exact) mass is 1080 g/mol. The van der Waals surface area contributed by atoms with E-state index in [-0.39, 0.29) is 18.5 Å². The highest BCUT2D eigenvalue weighted by Gasteiger charge is 2.18. The summed E-state index contributed by atoms with van der Waals surface area (Å²) in [6.07, 6.45) is 83.9. The van der Waals surface area contributed by atoms with Gasteiger partial charge in [0.2, 0.25) is 5.91 Å². The Morgan fingerprint density at radius 3 is 0.922 bits per heavy atom. The molecule has 2 unspecified atom stereocenters. The number of carbonyl (C=O) groups excluding carboxylic acids is 2. The van der Waals surface area contributed by atoms with E-state index in [2.05, 4.69) is 31.3 Å². The average Bonchev–Trinajstić information content (AvgIpc) is 3.43. The number of esters is 1. The number of allylic oxidation sites excluding steroid dienone is 3. The van der Waals surface area contributed by atoms with E-state index in [1.807, 2.05) is 6.08 Å². The number of unbranched alkanes of at least 4 members (excludes halogenated alkanes) is 53. The largest absolute Gasteiger partial charge is 0.466 e. The van der Waals surface area contributed by atoms with E-state index in [0.29, 0.717) is 19.4 Å². The van der Waals surface area contributed by atoms with Gasteiger partial charge in [0.25, 0.3) is 0 Å². The van der Waals surface area contributed by atoms with E-state index in [0.717, 1.165) is 44.9 Å². The van der Waals surface area contributed by atoms with Crippen LogP contribution in [0, 0.1) is 0 Å². The SMILES string of the molecule is CCCCCCC/C=C\CCCCCCCC(=O)OCCCCCCCCCCCCCCCCCCCCCCCC(=O)NC(CO)C(O)/C=C/CCCCCCCCCCCCCCCCCCCCCCCCC. The number of hydrogen-bond acceptors (Lipinski definition) is 5. The minimum atomic E-state index is -0.847. The van der Waals surface area contributed by atoms with Crippen LogP contribution in [0.1, 0.15) is 393 Å². The zero-order chi connectivity index (χ0) is 55.7. The van der Waals surface area contributed by atoms with Crippen molar-refractivity contribution in [3.8, 4) is 0 Å². The molecule has 1 amide bonds. The molecule has 0 aliphatic carbocycles. The Hall–Kier alpha value is -1.66. The van der Waals surface area contributed by atoms with Crippen molar-refractivity contribution in [3.05, 3.63) is 24.3 Å². The number of aliphatic hydroxyl groups is 2. The molecule has 2 atom stereocenters. The van der Waals surface area contributed by atoms with Gasteiger partial charge in [0.05, 0.1) is 25.4 Å². The van der Waals surface area contributed by atoms with E-state index < -0.39 is 12.1 Å². The molecule has 6 heteroatoms. The van der Waals surface area contributed by atoms with Gasteiger partial charge < -0.3 is 20.3 Å². The van der Waals surface area contributed by atoms with E-state index in [1.54, 1.807) is 6.08 Å². The molecule has 0 bridgehead atoms. The zero-order valence-corrected chi connectivity index (χ0v) is 52.2. The molecule has 0 spiro atoms. The summed E-state index contributed by atoms with van der Waals surface area (Å²) in [5.74, 6) is -0.0608.